The second-order valence-corrected chi connectivity index (χ2v) is 5.52. The number of ether oxygens (including phenoxy) is 2. The number of rotatable bonds is 7. The number of methoxy groups -OCH3 is 2. The normalized spacial score (nSPS) is 13.0. The molecule has 0 aromatic heterocycles. The van der Waals surface area contributed by atoms with E-state index < -0.39 is 0 Å². The molecule has 4 heteroatoms. The van der Waals surface area contributed by atoms with Crippen LogP contribution in [0.2, 0.25) is 0 Å². The Hall–Kier alpha value is -2.49. The highest BCUT2D eigenvalue weighted by Gasteiger charge is 2.23. The van der Waals surface area contributed by atoms with Crippen molar-refractivity contribution in [2.45, 2.75) is 19.9 Å². The lowest BCUT2D eigenvalue weighted by Crippen LogP contribution is -2.24. The second-order valence-electron chi connectivity index (χ2n) is 5.52. The van der Waals surface area contributed by atoms with Gasteiger partial charge in [0.05, 0.1) is 20.3 Å². The number of benzene rings is 2. The zero-order chi connectivity index (χ0) is 16.8. The van der Waals surface area contributed by atoms with E-state index >= 15 is 0 Å². The van der Waals surface area contributed by atoms with Gasteiger partial charge in [-0.3, -0.25) is 4.79 Å². The molecule has 2 aromatic carbocycles. The maximum atomic E-state index is 11.9. The third-order valence-corrected chi connectivity index (χ3v) is 4.03. The first-order valence-electron chi connectivity index (χ1n) is 7.60. The fourth-order valence-corrected chi connectivity index (χ4v) is 2.41. The zero-order valence-corrected chi connectivity index (χ0v) is 14.0. The first-order valence-corrected chi connectivity index (χ1v) is 7.60. The molecule has 2 atom stereocenters. The molecule has 0 fully saturated rings. The summed E-state index contributed by atoms with van der Waals surface area (Å²) in [6.45, 7) is 3.56. The van der Waals surface area contributed by atoms with Crippen molar-refractivity contribution >= 4 is 11.5 Å². The Kier molecular flexibility index (Phi) is 5.63. The predicted molar refractivity (Wildman–Crippen MR) is 92.2 cm³/mol. The number of anilines is 1. The van der Waals surface area contributed by atoms with Crippen molar-refractivity contribution in [1.82, 2.24) is 0 Å². The molecule has 0 spiro atoms. The minimum Gasteiger partial charge on any atom is -0.497 e. The molecule has 0 unspecified atom stereocenters. The van der Waals surface area contributed by atoms with Crippen molar-refractivity contribution in [3.05, 3.63) is 54.1 Å². The minimum absolute atomic E-state index is 0.105. The topological polar surface area (TPSA) is 47.6 Å². The molecule has 2 rings (SSSR count). The summed E-state index contributed by atoms with van der Waals surface area (Å²) in [6.07, 6.45) is 0. The van der Waals surface area contributed by atoms with Crippen LogP contribution in [0.15, 0.2) is 48.5 Å². The highest BCUT2D eigenvalue weighted by Crippen LogP contribution is 2.29. The predicted octanol–water partition coefficient (Wildman–Crippen LogP) is 4.08. The first-order chi connectivity index (χ1) is 11.0. The van der Waals surface area contributed by atoms with E-state index in [1.807, 2.05) is 55.5 Å². The van der Waals surface area contributed by atoms with Gasteiger partial charge in [-0.1, -0.05) is 19.1 Å². The Balaban J connectivity index is 2.27. The standard InChI is InChI=1S/C19H23NO3/c1-13(14(2)21)19(15-5-9-17(22-3)10-6-15)20-16-7-11-18(23-4)12-8-16/h5-13,19-20H,1-4H3/t13-,19+/m1/s1. The molecular formula is C19H23NO3. The van der Waals surface area contributed by atoms with E-state index in [1.165, 1.54) is 0 Å². The van der Waals surface area contributed by atoms with Gasteiger partial charge in [0.15, 0.2) is 0 Å². The van der Waals surface area contributed by atoms with E-state index in [-0.39, 0.29) is 17.7 Å². The molecular weight excluding hydrogens is 290 g/mol. The van der Waals surface area contributed by atoms with Crippen molar-refractivity contribution in [3.8, 4) is 11.5 Å². The molecule has 1 N–H and O–H groups in total. The fraction of sp³-hybridized carbons (Fsp3) is 0.316. The summed E-state index contributed by atoms with van der Waals surface area (Å²) < 4.78 is 10.4. The van der Waals surface area contributed by atoms with Crippen LogP contribution < -0.4 is 14.8 Å². The molecule has 0 heterocycles. The molecule has 23 heavy (non-hydrogen) atoms. The lowest BCUT2D eigenvalue weighted by Gasteiger charge is -2.25. The van der Waals surface area contributed by atoms with E-state index in [9.17, 15) is 4.79 Å². The molecule has 0 bridgehead atoms. The third kappa shape index (κ3) is 4.25. The molecule has 0 aliphatic heterocycles. The first kappa shape index (κ1) is 16.9. The van der Waals surface area contributed by atoms with Crippen LogP contribution in [0.3, 0.4) is 0 Å². The largest absolute Gasteiger partial charge is 0.497 e. The summed E-state index contributed by atoms with van der Waals surface area (Å²) in [5, 5.41) is 3.45. The molecule has 0 aliphatic rings. The second kappa shape index (κ2) is 7.68. The Morgan fingerprint density at radius 1 is 0.913 bits per heavy atom. The van der Waals surface area contributed by atoms with Crippen LogP contribution in [0.4, 0.5) is 5.69 Å². The van der Waals surface area contributed by atoms with Crippen LogP contribution in [0.1, 0.15) is 25.5 Å². The van der Waals surface area contributed by atoms with Crippen molar-refractivity contribution in [2.75, 3.05) is 19.5 Å². The molecule has 0 saturated heterocycles. The number of Topliss-reactive ketones (excluding diaryl/α,β-unsaturated/α-hetero) is 1. The van der Waals surface area contributed by atoms with Gasteiger partial charge in [-0.05, 0) is 48.9 Å². The summed E-state index contributed by atoms with van der Waals surface area (Å²) in [6, 6.07) is 15.4. The van der Waals surface area contributed by atoms with Gasteiger partial charge < -0.3 is 14.8 Å². The van der Waals surface area contributed by atoms with E-state index in [1.54, 1.807) is 21.1 Å². The van der Waals surface area contributed by atoms with Gasteiger partial charge in [0.2, 0.25) is 0 Å². The smallest absolute Gasteiger partial charge is 0.135 e. The summed E-state index contributed by atoms with van der Waals surface area (Å²) in [5.74, 6) is 1.60. The maximum absolute atomic E-state index is 11.9. The summed E-state index contributed by atoms with van der Waals surface area (Å²) in [5.41, 5.74) is 1.99. The number of ketones is 1. The maximum Gasteiger partial charge on any atom is 0.135 e. The SMILES string of the molecule is COc1ccc(N[C@H](c2ccc(OC)cc2)[C@H](C)C(C)=O)cc1. The Labute approximate surface area is 137 Å². The number of carbonyl (C=O) groups excluding carboxylic acids is 1. The average molecular weight is 313 g/mol. The van der Waals surface area contributed by atoms with Gasteiger partial charge in [-0.25, -0.2) is 0 Å². The Morgan fingerprint density at radius 3 is 1.83 bits per heavy atom. The van der Waals surface area contributed by atoms with Gasteiger partial charge in [0.25, 0.3) is 0 Å². The fourth-order valence-electron chi connectivity index (χ4n) is 2.41. The number of hydrogen-bond donors (Lipinski definition) is 1. The van der Waals surface area contributed by atoms with Gasteiger partial charge >= 0.3 is 0 Å². The van der Waals surface area contributed by atoms with Crippen molar-refractivity contribution < 1.29 is 14.3 Å². The lowest BCUT2D eigenvalue weighted by molar-refractivity contribution is -0.120. The van der Waals surface area contributed by atoms with Gasteiger partial charge in [0, 0.05) is 11.6 Å². The van der Waals surface area contributed by atoms with Crippen LogP contribution >= 0.6 is 0 Å². The monoisotopic (exact) mass is 313 g/mol. The Morgan fingerprint density at radius 2 is 1.39 bits per heavy atom. The highest BCUT2D eigenvalue weighted by atomic mass is 16.5. The van der Waals surface area contributed by atoms with E-state index in [2.05, 4.69) is 5.32 Å². The van der Waals surface area contributed by atoms with Crippen LogP contribution in [0.5, 0.6) is 11.5 Å². The van der Waals surface area contributed by atoms with Gasteiger partial charge in [-0.15, -0.1) is 0 Å². The molecule has 122 valence electrons. The molecule has 0 saturated carbocycles. The average Bonchev–Trinajstić information content (AvgIpc) is 2.59. The van der Waals surface area contributed by atoms with E-state index in [0.717, 1.165) is 22.7 Å². The number of nitrogens with one attached hydrogen (secondary N) is 1. The number of carbonyl (C=O) groups is 1. The van der Waals surface area contributed by atoms with E-state index in [4.69, 9.17) is 9.47 Å². The van der Waals surface area contributed by atoms with Crippen molar-refractivity contribution in [1.29, 1.82) is 0 Å². The van der Waals surface area contributed by atoms with Gasteiger partial charge in [0.1, 0.15) is 17.3 Å². The Bertz CT molecular complexity index is 635. The minimum atomic E-state index is -0.148. The van der Waals surface area contributed by atoms with Crippen LogP contribution in [-0.4, -0.2) is 20.0 Å². The van der Waals surface area contributed by atoms with Crippen molar-refractivity contribution in [2.24, 2.45) is 5.92 Å². The van der Waals surface area contributed by atoms with Crippen LogP contribution in [0, 0.1) is 5.92 Å². The van der Waals surface area contributed by atoms with Crippen LogP contribution in [-0.2, 0) is 4.79 Å². The molecule has 0 amide bonds. The van der Waals surface area contributed by atoms with Crippen molar-refractivity contribution in [3.63, 3.8) is 0 Å². The molecule has 0 radical (unpaired) electrons. The number of hydrogen-bond acceptors (Lipinski definition) is 4. The quantitative estimate of drug-likeness (QED) is 0.836. The summed E-state index contributed by atoms with van der Waals surface area (Å²) in [7, 11) is 3.28. The van der Waals surface area contributed by atoms with Gasteiger partial charge in [-0.2, -0.15) is 0 Å². The molecule has 0 aliphatic carbocycles. The molecule has 2 aromatic rings. The third-order valence-electron chi connectivity index (χ3n) is 4.03. The van der Waals surface area contributed by atoms with Crippen LogP contribution in [0.25, 0.3) is 0 Å². The highest BCUT2D eigenvalue weighted by molar-refractivity contribution is 5.79. The van der Waals surface area contributed by atoms with E-state index in [0.29, 0.717) is 0 Å². The molecule has 4 nitrogen and oxygen atoms in total. The summed E-state index contributed by atoms with van der Waals surface area (Å²) in [4.78, 5) is 11.9. The lowest BCUT2D eigenvalue weighted by atomic mass is 9.91. The zero-order valence-electron chi connectivity index (χ0n) is 14.0. The summed E-state index contributed by atoms with van der Waals surface area (Å²) >= 11 is 0.